The number of nitrogens with two attached hydrogens (primary N) is 1. The Morgan fingerprint density at radius 2 is 2.10 bits per heavy atom. The van der Waals surface area contributed by atoms with E-state index in [9.17, 15) is 4.79 Å². The third-order valence-electron chi connectivity index (χ3n) is 3.26. The highest BCUT2D eigenvalue weighted by atomic mass is 79.9. The van der Waals surface area contributed by atoms with E-state index < -0.39 is 0 Å². The van der Waals surface area contributed by atoms with E-state index in [2.05, 4.69) is 15.9 Å². The maximum Gasteiger partial charge on any atom is 0.258 e. The third-order valence-corrected chi connectivity index (χ3v) is 5.51. The number of carbonyl (C=O) groups is 1. The van der Waals surface area contributed by atoms with Gasteiger partial charge in [-0.3, -0.25) is 4.79 Å². The van der Waals surface area contributed by atoms with Gasteiger partial charge in [0.25, 0.3) is 5.91 Å². The molecule has 108 valence electrons. The number of amides is 1. The van der Waals surface area contributed by atoms with Gasteiger partial charge in [0.05, 0.1) is 10.7 Å². The van der Waals surface area contributed by atoms with Crippen molar-refractivity contribution < 1.29 is 4.79 Å². The first-order valence-electron chi connectivity index (χ1n) is 6.35. The molecule has 1 aliphatic heterocycles. The van der Waals surface area contributed by atoms with Crippen LogP contribution in [0.4, 0.5) is 11.4 Å². The van der Waals surface area contributed by atoms with Gasteiger partial charge < -0.3 is 10.6 Å². The summed E-state index contributed by atoms with van der Waals surface area (Å²) < 4.78 is 0.717. The summed E-state index contributed by atoms with van der Waals surface area (Å²) >= 11 is 11.1. The molecule has 0 bridgehead atoms. The Morgan fingerprint density at radius 1 is 1.29 bits per heavy atom. The third kappa shape index (κ3) is 2.91. The van der Waals surface area contributed by atoms with E-state index in [4.69, 9.17) is 17.3 Å². The normalized spacial score (nSPS) is 13.9. The number of hydrogen-bond acceptors (Lipinski definition) is 3. The van der Waals surface area contributed by atoms with E-state index in [-0.39, 0.29) is 5.91 Å². The van der Waals surface area contributed by atoms with Crippen molar-refractivity contribution in [3.05, 3.63) is 51.5 Å². The lowest BCUT2D eigenvalue weighted by Crippen LogP contribution is -2.35. The standard InChI is InChI=1S/C15H12BrClN2OS/c16-11-7-9(1-3-12(11)17)15(20)19-5-6-21-14-4-2-10(18)8-13(14)19/h1-4,7-8H,5-6,18H2. The minimum Gasteiger partial charge on any atom is -0.399 e. The van der Waals surface area contributed by atoms with Crippen LogP contribution in [0, 0.1) is 0 Å². The first kappa shape index (κ1) is 14.8. The summed E-state index contributed by atoms with van der Waals surface area (Å²) in [4.78, 5) is 15.6. The van der Waals surface area contributed by atoms with E-state index in [0.29, 0.717) is 27.3 Å². The number of fused-ring (bicyclic) bond motifs is 1. The van der Waals surface area contributed by atoms with Crippen LogP contribution in [0.2, 0.25) is 5.02 Å². The van der Waals surface area contributed by atoms with E-state index in [1.54, 1.807) is 34.9 Å². The quantitative estimate of drug-likeness (QED) is 0.741. The summed E-state index contributed by atoms with van der Waals surface area (Å²) in [7, 11) is 0. The molecule has 0 aromatic heterocycles. The summed E-state index contributed by atoms with van der Waals surface area (Å²) in [6.07, 6.45) is 0. The molecule has 0 unspecified atom stereocenters. The number of nitrogen functional groups attached to an aromatic ring is 1. The molecule has 0 aliphatic carbocycles. The topological polar surface area (TPSA) is 46.3 Å². The lowest BCUT2D eigenvalue weighted by Gasteiger charge is -2.29. The number of thioether (sulfide) groups is 1. The maximum atomic E-state index is 12.7. The number of carbonyl (C=O) groups excluding carboxylic acids is 1. The molecule has 3 rings (SSSR count). The Labute approximate surface area is 140 Å². The molecule has 21 heavy (non-hydrogen) atoms. The van der Waals surface area contributed by atoms with Gasteiger partial charge in [-0.15, -0.1) is 11.8 Å². The van der Waals surface area contributed by atoms with E-state index in [1.165, 1.54) is 0 Å². The Morgan fingerprint density at radius 3 is 2.86 bits per heavy atom. The van der Waals surface area contributed by atoms with Crippen molar-refractivity contribution in [2.45, 2.75) is 4.90 Å². The predicted molar refractivity (Wildman–Crippen MR) is 92.4 cm³/mol. The van der Waals surface area contributed by atoms with Gasteiger partial charge in [-0.2, -0.15) is 0 Å². The average Bonchev–Trinajstić information content (AvgIpc) is 2.48. The summed E-state index contributed by atoms with van der Waals surface area (Å²) in [5.41, 5.74) is 7.99. The van der Waals surface area contributed by atoms with Crippen LogP contribution in [0.3, 0.4) is 0 Å². The highest BCUT2D eigenvalue weighted by molar-refractivity contribution is 9.10. The summed E-state index contributed by atoms with van der Waals surface area (Å²) in [6, 6.07) is 10.9. The fourth-order valence-corrected chi connectivity index (χ4v) is 3.70. The van der Waals surface area contributed by atoms with Crippen molar-refractivity contribution in [1.82, 2.24) is 0 Å². The molecule has 0 atom stereocenters. The van der Waals surface area contributed by atoms with Crippen molar-refractivity contribution >= 4 is 56.6 Å². The number of halogens is 2. The zero-order valence-electron chi connectivity index (χ0n) is 11.0. The lowest BCUT2D eigenvalue weighted by molar-refractivity contribution is 0.0987. The van der Waals surface area contributed by atoms with Gasteiger partial charge >= 0.3 is 0 Å². The van der Waals surface area contributed by atoms with Crippen LogP contribution in [0.5, 0.6) is 0 Å². The number of rotatable bonds is 1. The summed E-state index contributed by atoms with van der Waals surface area (Å²) in [5, 5.41) is 0.588. The second-order valence-electron chi connectivity index (χ2n) is 4.66. The summed E-state index contributed by atoms with van der Waals surface area (Å²) in [5.74, 6) is 0.830. The minimum atomic E-state index is -0.0421. The van der Waals surface area contributed by atoms with Crippen LogP contribution in [0.25, 0.3) is 0 Å². The Bertz CT molecular complexity index is 723. The van der Waals surface area contributed by atoms with Crippen molar-refractivity contribution in [2.24, 2.45) is 0 Å². The number of nitrogens with zero attached hydrogens (tertiary/aromatic N) is 1. The first-order valence-corrected chi connectivity index (χ1v) is 8.51. The second kappa shape index (κ2) is 5.91. The minimum absolute atomic E-state index is 0.0421. The molecule has 1 amide bonds. The van der Waals surface area contributed by atoms with Crippen LogP contribution < -0.4 is 10.6 Å². The molecule has 0 saturated heterocycles. The molecule has 0 radical (unpaired) electrons. The van der Waals surface area contributed by atoms with Gasteiger partial charge in [0.2, 0.25) is 0 Å². The molecule has 1 heterocycles. The van der Waals surface area contributed by atoms with Crippen molar-refractivity contribution in [1.29, 1.82) is 0 Å². The number of hydrogen-bond donors (Lipinski definition) is 1. The van der Waals surface area contributed by atoms with E-state index in [0.717, 1.165) is 16.3 Å². The van der Waals surface area contributed by atoms with Crippen LogP contribution in [-0.2, 0) is 0 Å². The number of anilines is 2. The lowest BCUT2D eigenvalue weighted by atomic mass is 10.1. The molecule has 2 aromatic rings. The van der Waals surface area contributed by atoms with E-state index in [1.807, 2.05) is 18.2 Å². The Kier molecular flexibility index (Phi) is 4.15. The molecule has 0 saturated carbocycles. The SMILES string of the molecule is Nc1ccc2c(c1)N(C(=O)c1ccc(Cl)c(Br)c1)CCS2. The largest absolute Gasteiger partial charge is 0.399 e. The van der Waals surface area contributed by atoms with Gasteiger partial charge in [0, 0.05) is 32.9 Å². The molecule has 0 spiro atoms. The highest BCUT2D eigenvalue weighted by Crippen LogP contribution is 2.37. The van der Waals surface area contributed by atoms with Crippen LogP contribution >= 0.6 is 39.3 Å². The van der Waals surface area contributed by atoms with Crippen molar-refractivity contribution in [3.8, 4) is 0 Å². The predicted octanol–water partition coefficient (Wildman–Crippen LogP) is 4.44. The van der Waals surface area contributed by atoms with Gasteiger partial charge in [-0.05, 0) is 52.3 Å². The smallest absolute Gasteiger partial charge is 0.258 e. The van der Waals surface area contributed by atoms with Gasteiger partial charge in [-0.25, -0.2) is 0 Å². The highest BCUT2D eigenvalue weighted by Gasteiger charge is 2.24. The first-order chi connectivity index (χ1) is 10.1. The van der Waals surface area contributed by atoms with Gasteiger partial charge in [-0.1, -0.05) is 11.6 Å². The fourth-order valence-electron chi connectivity index (χ4n) is 2.23. The van der Waals surface area contributed by atoms with Crippen molar-refractivity contribution in [2.75, 3.05) is 22.9 Å². The second-order valence-corrected chi connectivity index (χ2v) is 7.06. The van der Waals surface area contributed by atoms with Crippen LogP contribution in [-0.4, -0.2) is 18.2 Å². The van der Waals surface area contributed by atoms with Crippen molar-refractivity contribution in [3.63, 3.8) is 0 Å². The monoisotopic (exact) mass is 382 g/mol. The zero-order valence-corrected chi connectivity index (χ0v) is 14.1. The molecular formula is C15H12BrClN2OS. The Hall–Kier alpha value is -1.17. The van der Waals surface area contributed by atoms with Crippen LogP contribution in [0.15, 0.2) is 45.8 Å². The number of benzene rings is 2. The molecule has 3 nitrogen and oxygen atoms in total. The molecule has 6 heteroatoms. The summed E-state index contributed by atoms with van der Waals surface area (Å²) in [6.45, 7) is 0.667. The van der Waals surface area contributed by atoms with Gasteiger partial charge in [0.1, 0.15) is 0 Å². The van der Waals surface area contributed by atoms with E-state index >= 15 is 0 Å². The molecular weight excluding hydrogens is 372 g/mol. The fraction of sp³-hybridized carbons (Fsp3) is 0.133. The maximum absolute atomic E-state index is 12.7. The zero-order chi connectivity index (χ0) is 15.0. The average molecular weight is 384 g/mol. The van der Waals surface area contributed by atoms with Crippen LogP contribution in [0.1, 0.15) is 10.4 Å². The van der Waals surface area contributed by atoms with Gasteiger partial charge in [0.15, 0.2) is 0 Å². The molecule has 2 aromatic carbocycles. The molecule has 1 aliphatic rings. The molecule has 0 fully saturated rings. The Balaban J connectivity index is 1.99. The molecule has 2 N–H and O–H groups in total.